The van der Waals surface area contributed by atoms with E-state index in [0.29, 0.717) is 18.9 Å². The molecule has 0 aliphatic carbocycles. The van der Waals surface area contributed by atoms with Crippen LogP contribution in [0.25, 0.3) is 0 Å². The third-order valence-electron chi connectivity index (χ3n) is 2.92. The first-order valence-electron chi connectivity index (χ1n) is 6.48. The second kappa shape index (κ2) is 6.80. The van der Waals surface area contributed by atoms with Gasteiger partial charge in [0.1, 0.15) is 6.04 Å². The zero-order chi connectivity index (χ0) is 15.2. The van der Waals surface area contributed by atoms with E-state index in [1.54, 1.807) is 23.5 Å². The molecule has 8 heteroatoms. The molecule has 0 aliphatic rings. The van der Waals surface area contributed by atoms with Gasteiger partial charge in [-0.2, -0.15) is 0 Å². The van der Waals surface area contributed by atoms with Crippen LogP contribution in [-0.4, -0.2) is 51.1 Å². The van der Waals surface area contributed by atoms with Crippen molar-refractivity contribution in [3.63, 3.8) is 0 Å². The Morgan fingerprint density at radius 2 is 2.10 bits per heavy atom. The molecule has 2 aromatic heterocycles. The van der Waals surface area contributed by atoms with Crippen LogP contribution in [-0.2, 0) is 17.8 Å². The number of H-pyrrole nitrogens is 1. The van der Waals surface area contributed by atoms with Gasteiger partial charge < -0.3 is 15.0 Å². The third-order valence-corrected chi connectivity index (χ3v) is 2.92. The lowest BCUT2D eigenvalue weighted by molar-refractivity contribution is -0.139. The molecule has 0 radical (unpaired) electrons. The van der Waals surface area contributed by atoms with Gasteiger partial charge in [0.2, 0.25) is 5.95 Å². The van der Waals surface area contributed by atoms with Crippen LogP contribution in [0.2, 0.25) is 0 Å². The van der Waals surface area contributed by atoms with E-state index >= 15 is 0 Å². The molecule has 0 fully saturated rings. The summed E-state index contributed by atoms with van der Waals surface area (Å²) in [6, 6.07) is -0.695. The van der Waals surface area contributed by atoms with Crippen molar-refractivity contribution in [1.29, 1.82) is 0 Å². The first-order valence-corrected chi connectivity index (χ1v) is 6.48. The Morgan fingerprint density at radius 1 is 1.38 bits per heavy atom. The van der Waals surface area contributed by atoms with E-state index in [9.17, 15) is 9.90 Å². The fraction of sp³-hybridized carbons (Fsp3) is 0.385. The summed E-state index contributed by atoms with van der Waals surface area (Å²) in [5, 5.41) is 12.2. The molecule has 3 N–H and O–H groups in total. The molecule has 0 unspecified atom stereocenters. The molecule has 1 atom stereocenters. The van der Waals surface area contributed by atoms with Crippen LogP contribution in [0.5, 0.6) is 0 Å². The number of anilines is 1. The minimum absolute atomic E-state index is 0.339. The molecular formula is C13H18N6O2. The van der Waals surface area contributed by atoms with Gasteiger partial charge in [0.05, 0.1) is 6.33 Å². The van der Waals surface area contributed by atoms with E-state index in [1.165, 1.54) is 6.33 Å². The monoisotopic (exact) mass is 290 g/mol. The highest BCUT2D eigenvalue weighted by Crippen LogP contribution is 2.04. The number of nitrogens with one attached hydrogen (secondary N) is 2. The number of rotatable bonds is 7. The van der Waals surface area contributed by atoms with Crippen molar-refractivity contribution in [3.8, 4) is 0 Å². The second-order valence-electron chi connectivity index (χ2n) is 4.84. The molecule has 2 aromatic rings. The number of aliphatic carboxylic acids is 1. The van der Waals surface area contributed by atoms with Crippen molar-refractivity contribution in [2.24, 2.45) is 0 Å². The van der Waals surface area contributed by atoms with Gasteiger partial charge in [-0.3, -0.25) is 10.1 Å². The van der Waals surface area contributed by atoms with Gasteiger partial charge in [-0.05, 0) is 0 Å². The summed E-state index contributed by atoms with van der Waals surface area (Å²) in [5.74, 6) is -0.290. The number of imidazole rings is 1. The van der Waals surface area contributed by atoms with Crippen molar-refractivity contribution in [2.45, 2.75) is 19.0 Å². The Hall–Kier alpha value is -2.48. The van der Waals surface area contributed by atoms with Gasteiger partial charge >= 0.3 is 5.97 Å². The van der Waals surface area contributed by atoms with Crippen molar-refractivity contribution in [1.82, 2.24) is 25.3 Å². The van der Waals surface area contributed by atoms with E-state index in [1.807, 2.05) is 14.1 Å². The van der Waals surface area contributed by atoms with Gasteiger partial charge in [0.25, 0.3) is 0 Å². The lowest BCUT2D eigenvalue weighted by Crippen LogP contribution is -2.38. The van der Waals surface area contributed by atoms with E-state index in [0.717, 1.165) is 11.3 Å². The smallest absolute Gasteiger partial charge is 0.321 e. The third kappa shape index (κ3) is 4.25. The van der Waals surface area contributed by atoms with E-state index in [4.69, 9.17) is 0 Å². The molecule has 21 heavy (non-hydrogen) atoms. The summed E-state index contributed by atoms with van der Waals surface area (Å²) in [6.07, 6.45) is 6.86. The molecular weight excluding hydrogens is 272 g/mol. The van der Waals surface area contributed by atoms with E-state index in [2.05, 4.69) is 25.3 Å². The maximum atomic E-state index is 11.3. The fourth-order valence-corrected chi connectivity index (χ4v) is 1.77. The standard InChI is InChI=1S/C13H18N6O2/c1-19(2)13-16-5-9(6-17-13)4-15-11(12(20)21)3-10-7-14-8-18-10/h5-8,11,15H,3-4H2,1-2H3,(H,14,18)(H,20,21)/t11-/m1/s1. The number of hydrogen-bond acceptors (Lipinski definition) is 6. The number of aromatic nitrogens is 4. The molecule has 112 valence electrons. The molecule has 0 aromatic carbocycles. The van der Waals surface area contributed by atoms with Crippen molar-refractivity contribution < 1.29 is 9.90 Å². The zero-order valence-electron chi connectivity index (χ0n) is 11.9. The largest absolute Gasteiger partial charge is 0.480 e. The predicted molar refractivity (Wildman–Crippen MR) is 76.9 cm³/mol. The predicted octanol–water partition coefficient (Wildman–Crippen LogP) is 0.0512. The normalized spacial score (nSPS) is 12.1. The van der Waals surface area contributed by atoms with Gasteiger partial charge in [-0.1, -0.05) is 0 Å². The summed E-state index contributed by atoms with van der Waals surface area (Å²) in [4.78, 5) is 28.2. The van der Waals surface area contributed by atoms with Crippen LogP contribution >= 0.6 is 0 Å². The highest BCUT2D eigenvalue weighted by atomic mass is 16.4. The summed E-state index contributed by atoms with van der Waals surface area (Å²) >= 11 is 0. The number of carboxylic acid groups (broad SMARTS) is 1. The maximum Gasteiger partial charge on any atom is 0.321 e. The molecule has 0 spiro atoms. The van der Waals surface area contributed by atoms with Gasteiger partial charge in [0, 0.05) is 56.9 Å². The highest BCUT2D eigenvalue weighted by molar-refractivity contribution is 5.73. The fourth-order valence-electron chi connectivity index (χ4n) is 1.77. The quantitative estimate of drug-likeness (QED) is 0.661. The van der Waals surface area contributed by atoms with E-state index in [-0.39, 0.29) is 0 Å². The van der Waals surface area contributed by atoms with Crippen molar-refractivity contribution in [2.75, 3.05) is 19.0 Å². The summed E-state index contributed by atoms with van der Waals surface area (Å²) in [7, 11) is 3.72. The Labute approximate surface area is 122 Å². The Bertz CT molecular complexity index is 567. The second-order valence-corrected chi connectivity index (χ2v) is 4.84. The molecule has 2 rings (SSSR count). The topological polar surface area (TPSA) is 107 Å². The average molecular weight is 290 g/mol. The minimum atomic E-state index is -0.907. The number of nitrogens with zero attached hydrogens (tertiary/aromatic N) is 4. The Balaban J connectivity index is 1.93. The SMILES string of the molecule is CN(C)c1ncc(CN[C@H](Cc2cnc[nH]2)C(=O)O)cn1. The number of hydrogen-bond donors (Lipinski definition) is 3. The summed E-state index contributed by atoms with van der Waals surface area (Å²) < 4.78 is 0. The average Bonchev–Trinajstić information content (AvgIpc) is 2.96. The minimum Gasteiger partial charge on any atom is -0.480 e. The van der Waals surface area contributed by atoms with E-state index < -0.39 is 12.0 Å². The number of aromatic amines is 1. The molecule has 2 heterocycles. The molecule has 0 saturated heterocycles. The molecule has 0 saturated carbocycles. The van der Waals surface area contributed by atoms with Crippen LogP contribution in [0.15, 0.2) is 24.9 Å². The van der Waals surface area contributed by atoms with Gasteiger partial charge in [0.15, 0.2) is 0 Å². The van der Waals surface area contributed by atoms with Crippen LogP contribution in [0.1, 0.15) is 11.3 Å². The van der Waals surface area contributed by atoms with Crippen LogP contribution in [0, 0.1) is 0 Å². The van der Waals surface area contributed by atoms with Crippen LogP contribution in [0.4, 0.5) is 5.95 Å². The van der Waals surface area contributed by atoms with Crippen molar-refractivity contribution in [3.05, 3.63) is 36.2 Å². The maximum absolute atomic E-state index is 11.3. The van der Waals surface area contributed by atoms with Gasteiger partial charge in [-0.15, -0.1) is 0 Å². The first-order chi connectivity index (χ1) is 10.1. The highest BCUT2D eigenvalue weighted by Gasteiger charge is 2.18. The molecule has 8 nitrogen and oxygen atoms in total. The number of carbonyl (C=O) groups is 1. The lowest BCUT2D eigenvalue weighted by atomic mass is 10.1. The molecule has 0 bridgehead atoms. The van der Waals surface area contributed by atoms with Gasteiger partial charge in [-0.25, -0.2) is 15.0 Å². The summed E-state index contributed by atoms with van der Waals surface area (Å²) in [5.41, 5.74) is 1.60. The number of carboxylic acids is 1. The Kier molecular flexibility index (Phi) is 4.83. The molecule has 0 aliphatic heterocycles. The molecule has 0 amide bonds. The zero-order valence-corrected chi connectivity index (χ0v) is 11.9. The summed E-state index contributed by atoms with van der Waals surface area (Å²) in [6.45, 7) is 0.388. The van der Waals surface area contributed by atoms with Crippen LogP contribution in [0.3, 0.4) is 0 Å². The lowest BCUT2D eigenvalue weighted by Gasteiger charge is -2.14. The Morgan fingerprint density at radius 3 is 2.62 bits per heavy atom. The van der Waals surface area contributed by atoms with Crippen molar-refractivity contribution >= 4 is 11.9 Å². The van der Waals surface area contributed by atoms with Crippen LogP contribution < -0.4 is 10.2 Å². The first kappa shape index (κ1) is 14.9.